The summed E-state index contributed by atoms with van der Waals surface area (Å²) in [5.41, 5.74) is 2.26. The maximum Gasteiger partial charge on any atom is 0.224 e. The van der Waals surface area contributed by atoms with Crippen LogP contribution in [0.2, 0.25) is 0 Å². The van der Waals surface area contributed by atoms with Gasteiger partial charge in [0.15, 0.2) is 0 Å². The molecule has 0 fully saturated rings. The molecule has 0 aliphatic rings. The predicted molar refractivity (Wildman–Crippen MR) is 92.8 cm³/mol. The van der Waals surface area contributed by atoms with Gasteiger partial charge in [-0.3, -0.25) is 4.79 Å². The quantitative estimate of drug-likeness (QED) is 0.810. The highest BCUT2D eigenvalue weighted by Crippen LogP contribution is 2.11. The van der Waals surface area contributed by atoms with Gasteiger partial charge in [0.25, 0.3) is 0 Å². The molecule has 2 rings (SSSR count). The van der Waals surface area contributed by atoms with Crippen molar-refractivity contribution in [2.45, 2.75) is 12.5 Å². The molecular weight excluding hydrogens is 340 g/mol. The van der Waals surface area contributed by atoms with Gasteiger partial charge in [0.2, 0.25) is 5.91 Å². The molecule has 0 aliphatic carbocycles. The number of quaternary nitrogens is 1. The highest BCUT2D eigenvalue weighted by Gasteiger charge is 2.18. The van der Waals surface area contributed by atoms with Crippen molar-refractivity contribution >= 4 is 21.8 Å². The van der Waals surface area contributed by atoms with E-state index in [4.69, 9.17) is 0 Å². The Morgan fingerprint density at radius 2 is 1.73 bits per heavy atom. The normalized spacial score (nSPS) is 12.2. The zero-order valence-electron chi connectivity index (χ0n) is 13.0. The van der Waals surface area contributed by atoms with Crippen molar-refractivity contribution < 1.29 is 9.69 Å². The van der Waals surface area contributed by atoms with Crippen LogP contribution in [0, 0.1) is 0 Å². The summed E-state index contributed by atoms with van der Waals surface area (Å²) in [6.45, 7) is 0.641. The standard InChI is InChI=1S/C18H21BrN2O/c1-21(2)17(15-6-4-3-5-7-15)13-20-18(22)12-14-8-10-16(19)11-9-14/h3-11,17H,12-13H2,1-2H3,(H,20,22)/p+1/t17-/m1/s1. The van der Waals surface area contributed by atoms with Crippen molar-refractivity contribution in [2.75, 3.05) is 20.6 Å². The number of amides is 1. The number of halogens is 1. The van der Waals surface area contributed by atoms with E-state index in [2.05, 4.69) is 47.5 Å². The Morgan fingerprint density at radius 3 is 2.32 bits per heavy atom. The molecule has 0 saturated heterocycles. The molecule has 0 aliphatic heterocycles. The predicted octanol–water partition coefficient (Wildman–Crippen LogP) is 1.99. The van der Waals surface area contributed by atoms with Gasteiger partial charge >= 0.3 is 0 Å². The van der Waals surface area contributed by atoms with Gasteiger partial charge in [-0.25, -0.2) is 0 Å². The molecule has 0 heterocycles. The van der Waals surface area contributed by atoms with E-state index in [9.17, 15) is 4.79 Å². The topological polar surface area (TPSA) is 33.5 Å². The molecule has 1 atom stereocenters. The Kier molecular flexibility index (Phi) is 6.16. The minimum Gasteiger partial charge on any atom is -0.349 e. The number of carbonyl (C=O) groups excluding carboxylic acids is 1. The number of nitrogens with one attached hydrogen (secondary N) is 2. The van der Waals surface area contributed by atoms with Crippen LogP contribution in [0.5, 0.6) is 0 Å². The fourth-order valence-electron chi connectivity index (χ4n) is 2.41. The van der Waals surface area contributed by atoms with Crippen LogP contribution in [0.15, 0.2) is 59.1 Å². The maximum atomic E-state index is 12.1. The van der Waals surface area contributed by atoms with Crippen LogP contribution in [0.1, 0.15) is 17.2 Å². The first-order chi connectivity index (χ1) is 10.6. The molecule has 0 radical (unpaired) electrons. The molecule has 1 amide bonds. The molecule has 2 aromatic rings. The van der Waals surface area contributed by atoms with E-state index in [1.54, 1.807) is 0 Å². The third-order valence-electron chi connectivity index (χ3n) is 3.68. The van der Waals surface area contributed by atoms with E-state index in [0.29, 0.717) is 13.0 Å². The summed E-state index contributed by atoms with van der Waals surface area (Å²) >= 11 is 3.40. The van der Waals surface area contributed by atoms with E-state index in [1.807, 2.05) is 42.5 Å². The molecular formula is C18H22BrN2O+. The molecule has 0 saturated carbocycles. The second-order valence-corrected chi connectivity index (χ2v) is 6.56. The fraction of sp³-hybridized carbons (Fsp3) is 0.278. The smallest absolute Gasteiger partial charge is 0.224 e. The van der Waals surface area contributed by atoms with Crippen LogP contribution >= 0.6 is 15.9 Å². The Bertz CT molecular complexity index is 596. The van der Waals surface area contributed by atoms with Crippen molar-refractivity contribution in [1.29, 1.82) is 0 Å². The number of hydrogen-bond acceptors (Lipinski definition) is 1. The molecule has 2 aromatic carbocycles. The van der Waals surface area contributed by atoms with Gasteiger partial charge in [0, 0.05) is 10.0 Å². The van der Waals surface area contributed by atoms with Gasteiger partial charge in [0.1, 0.15) is 6.04 Å². The number of benzene rings is 2. The minimum absolute atomic E-state index is 0.0597. The summed E-state index contributed by atoms with van der Waals surface area (Å²) < 4.78 is 1.03. The lowest BCUT2D eigenvalue weighted by atomic mass is 10.1. The average molecular weight is 362 g/mol. The lowest BCUT2D eigenvalue weighted by Gasteiger charge is -2.22. The van der Waals surface area contributed by atoms with E-state index >= 15 is 0 Å². The van der Waals surface area contributed by atoms with Crippen LogP contribution in [-0.2, 0) is 11.2 Å². The van der Waals surface area contributed by atoms with E-state index in [1.165, 1.54) is 10.5 Å². The molecule has 0 bridgehead atoms. The number of hydrogen-bond donors (Lipinski definition) is 2. The Labute approximate surface area is 140 Å². The third-order valence-corrected chi connectivity index (χ3v) is 4.21. The zero-order chi connectivity index (χ0) is 15.9. The van der Waals surface area contributed by atoms with Gasteiger partial charge < -0.3 is 10.2 Å². The van der Waals surface area contributed by atoms with Gasteiger partial charge in [0.05, 0.1) is 27.1 Å². The second-order valence-electron chi connectivity index (χ2n) is 5.65. The van der Waals surface area contributed by atoms with Gasteiger partial charge in [-0.05, 0) is 17.7 Å². The molecule has 2 N–H and O–H groups in total. The van der Waals surface area contributed by atoms with Crippen molar-refractivity contribution in [1.82, 2.24) is 5.32 Å². The molecule has 0 unspecified atom stereocenters. The van der Waals surface area contributed by atoms with Crippen molar-refractivity contribution in [3.63, 3.8) is 0 Å². The first-order valence-corrected chi connectivity index (χ1v) is 8.21. The van der Waals surface area contributed by atoms with Crippen LogP contribution < -0.4 is 10.2 Å². The van der Waals surface area contributed by atoms with Crippen LogP contribution in [0.25, 0.3) is 0 Å². The van der Waals surface area contributed by atoms with E-state index < -0.39 is 0 Å². The Morgan fingerprint density at radius 1 is 1.09 bits per heavy atom. The molecule has 0 spiro atoms. The first-order valence-electron chi connectivity index (χ1n) is 7.42. The second kappa shape index (κ2) is 8.11. The largest absolute Gasteiger partial charge is 0.349 e. The van der Waals surface area contributed by atoms with Crippen molar-refractivity contribution in [3.05, 3.63) is 70.2 Å². The lowest BCUT2D eigenvalue weighted by Crippen LogP contribution is -3.07. The summed E-state index contributed by atoms with van der Waals surface area (Å²) in [6, 6.07) is 18.4. The van der Waals surface area contributed by atoms with Gasteiger partial charge in [-0.2, -0.15) is 0 Å². The zero-order valence-corrected chi connectivity index (χ0v) is 14.6. The van der Waals surface area contributed by atoms with Gasteiger partial charge in [-0.1, -0.05) is 58.4 Å². The maximum absolute atomic E-state index is 12.1. The number of likely N-dealkylation sites (N-methyl/N-ethyl adjacent to an activating group) is 1. The SMILES string of the molecule is C[NH+](C)[C@H](CNC(=O)Cc1ccc(Br)cc1)c1ccccc1. The van der Waals surface area contributed by atoms with E-state index in [0.717, 1.165) is 10.0 Å². The van der Waals surface area contributed by atoms with Gasteiger partial charge in [-0.15, -0.1) is 0 Å². The van der Waals surface area contributed by atoms with Crippen LogP contribution in [0.3, 0.4) is 0 Å². The highest BCUT2D eigenvalue weighted by atomic mass is 79.9. The fourth-order valence-corrected chi connectivity index (χ4v) is 2.67. The average Bonchev–Trinajstić information content (AvgIpc) is 2.50. The summed E-state index contributed by atoms with van der Waals surface area (Å²) in [5, 5.41) is 3.05. The number of carbonyl (C=O) groups is 1. The molecule has 22 heavy (non-hydrogen) atoms. The van der Waals surface area contributed by atoms with Crippen LogP contribution in [0.4, 0.5) is 0 Å². The Hall–Kier alpha value is -1.65. The Balaban J connectivity index is 1.92. The number of rotatable bonds is 6. The third kappa shape index (κ3) is 4.97. The summed E-state index contributed by atoms with van der Waals surface area (Å²) in [5.74, 6) is 0.0597. The minimum atomic E-state index is 0.0597. The van der Waals surface area contributed by atoms with Crippen molar-refractivity contribution in [3.8, 4) is 0 Å². The first kappa shape index (κ1) is 16.7. The summed E-state index contributed by atoms with van der Waals surface area (Å²) in [7, 11) is 4.22. The van der Waals surface area contributed by atoms with E-state index in [-0.39, 0.29) is 11.9 Å². The lowest BCUT2D eigenvalue weighted by molar-refractivity contribution is -0.890. The summed E-state index contributed by atoms with van der Waals surface area (Å²) in [6.07, 6.45) is 0.414. The molecule has 0 aromatic heterocycles. The van der Waals surface area contributed by atoms with Crippen LogP contribution in [-0.4, -0.2) is 26.5 Å². The monoisotopic (exact) mass is 361 g/mol. The molecule has 116 valence electrons. The summed E-state index contributed by atoms with van der Waals surface area (Å²) in [4.78, 5) is 13.4. The molecule has 3 nitrogen and oxygen atoms in total. The van der Waals surface area contributed by atoms with Crippen molar-refractivity contribution in [2.24, 2.45) is 0 Å². The molecule has 4 heteroatoms. The highest BCUT2D eigenvalue weighted by molar-refractivity contribution is 9.10.